The van der Waals surface area contributed by atoms with Crippen LogP contribution in [0.3, 0.4) is 0 Å². The van der Waals surface area contributed by atoms with E-state index in [1.54, 1.807) is 7.11 Å². The molecule has 0 fully saturated rings. The van der Waals surface area contributed by atoms with Gasteiger partial charge in [0.15, 0.2) is 0 Å². The van der Waals surface area contributed by atoms with Crippen LogP contribution in [0.2, 0.25) is 0 Å². The maximum Gasteiger partial charge on any atom is 0.124 e. The van der Waals surface area contributed by atoms with Crippen LogP contribution in [0.15, 0.2) is 39.3 Å². The molecule has 1 atom stereocenters. The number of halogens is 2. The molecule has 0 aromatic heterocycles. The molecule has 2 aromatic carbocycles. The molecule has 2 aromatic rings. The van der Waals surface area contributed by atoms with Gasteiger partial charge in [0.05, 0.1) is 7.11 Å². The summed E-state index contributed by atoms with van der Waals surface area (Å²) < 4.78 is 7.19. The van der Waals surface area contributed by atoms with E-state index in [1.165, 1.54) is 0 Å². The number of methoxy groups -OCH3 is 1. The van der Waals surface area contributed by atoms with E-state index in [-0.39, 0.29) is 0 Å². The van der Waals surface area contributed by atoms with Crippen molar-refractivity contribution >= 4 is 31.9 Å². The lowest BCUT2D eigenvalue weighted by molar-refractivity contribution is 0.219. The van der Waals surface area contributed by atoms with E-state index in [1.807, 2.05) is 44.2 Å². The first-order valence-corrected chi connectivity index (χ1v) is 7.80. The molecular formula is C16H16Br2O2. The lowest BCUT2D eigenvalue weighted by Crippen LogP contribution is -2.03. The predicted octanol–water partition coefficient (Wildman–Crippen LogP) is 4.92. The monoisotopic (exact) mass is 398 g/mol. The molecule has 1 N–H and O–H groups in total. The van der Waals surface area contributed by atoms with Crippen LogP contribution >= 0.6 is 31.9 Å². The summed E-state index contributed by atoms with van der Waals surface area (Å²) in [6.45, 7) is 3.97. The van der Waals surface area contributed by atoms with E-state index in [9.17, 15) is 5.11 Å². The summed E-state index contributed by atoms with van der Waals surface area (Å²) in [5.41, 5.74) is 3.74. The zero-order valence-corrected chi connectivity index (χ0v) is 14.7. The highest BCUT2D eigenvalue weighted by Crippen LogP contribution is 2.34. The molecule has 0 radical (unpaired) electrons. The van der Waals surface area contributed by atoms with Gasteiger partial charge >= 0.3 is 0 Å². The third-order valence-electron chi connectivity index (χ3n) is 3.26. The van der Waals surface area contributed by atoms with Gasteiger partial charge in [0.2, 0.25) is 0 Å². The van der Waals surface area contributed by atoms with Crippen LogP contribution in [0.4, 0.5) is 0 Å². The Labute approximate surface area is 136 Å². The highest BCUT2D eigenvalue weighted by atomic mass is 79.9. The summed E-state index contributed by atoms with van der Waals surface area (Å²) in [6, 6.07) is 9.70. The minimum absolute atomic E-state index is 0.676. The summed E-state index contributed by atoms with van der Waals surface area (Å²) in [5, 5.41) is 10.6. The quantitative estimate of drug-likeness (QED) is 0.793. The number of ether oxygens (including phenoxy) is 1. The first kappa shape index (κ1) is 15.5. The largest absolute Gasteiger partial charge is 0.496 e. The second kappa shape index (κ2) is 6.29. The predicted molar refractivity (Wildman–Crippen MR) is 88.4 cm³/mol. The van der Waals surface area contributed by atoms with E-state index >= 15 is 0 Å². The Hall–Kier alpha value is -0.840. The van der Waals surface area contributed by atoms with Crippen molar-refractivity contribution in [1.82, 2.24) is 0 Å². The van der Waals surface area contributed by atoms with Gasteiger partial charge < -0.3 is 9.84 Å². The van der Waals surface area contributed by atoms with Crippen molar-refractivity contribution in [1.29, 1.82) is 0 Å². The van der Waals surface area contributed by atoms with Crippen LogP contribution in [0.25, 0.3) is 0 Å². The van der Waals surface area contributed by atoms with Crippen molar-refractivity contribution in [2.45, 2.75) is 20.0 Å². The van der Waals surface area contributed by atoms with Crippen LogP contribution in [-0.4, -0.2) is 12.2 Å². The van der Waals surface area contributed by atoms with Gasteiger partial charge in [0, 0.05) is 14.5 Å². The number of aliphatic hydroxyl groups excluding tert-OH is 1. The Morgan fingerprint density at radius 1 is 1.05 bits per heavy atom. The molecule has 4 heteroatoms. The molecule has 1 unspecified atom stereocenters. The SMILES string of the molecule is COc1c(C)cc(C(O)c2cc(Br)ccc2Br)cc1C. The lowest BCUT2D eigenvalue weighted by atomic mass is 9.97. The van der Waals surface area contributed by atoms with Crippen molar-refractivity contribution in [3.63, 3.8) is 0 Å². The van der Waals surface area contributed by atoms with Gasteiger partial charge in [0.1, 0.15) is 11.9 Å². The van der Waals surface area contributed by atoms with Crippen molar-refractivity contribution in [3.8, 4) is 5.75 Å². The van der Waals surface area contributed by atoms with E-state index in [0.29, 0.717) is 0 Å². The molecule has 0 bridgehead atoms. The molecule has 0 aliphatic rings. The highest BCUT2D eigenvalue weighted by Gasteiger charge is 2.16. The topological polar surface area (TPSA) is 29.5 Å². The fraction of sp³-hybridized carbons (Fsp3) is 0.250. The van der Waals surface area contributed by atoms with Crippen molar-refractivity contribution in [3.05, 3.63) is 61.5 Å². The molecular weight excluding hydrogens is 384 g/mol. The number of hydrogen-bond donors (Lipinski definition) is 1. The molecule has 0 saturated heterocycles. The minimum Gasteiger partial charge on any atom is -0.496 e. The summed E-state index contributed by atoms with van der Waals surface area (Å²) in [7, 11) is 1.66. The number of rotatable bonds is 3. The van der Waals surface area contributed by atoms with Crippen LogP contribution < -0.4 is 4.74 Å². The average molecular weight is 400 g/mol. The molecule has 0 aliphatic heterocycles. The molecule has 0 amide bonds. The fourth-order valence-electron chi connectivity index (χ4n) is 2.37. The normalized spacial score (nSPS) is 12.3. The van der Waals surface area contributed by atoms with Gasteiger partial charge in [-0.1, -0.05) is 31.9 Å². The van der Waals surface area contributed by atoms with Crippen LogP contribution in [0.1, 0.15) is 28.4 Å². The molecule has 2 nitrogen and oxygen atoms in total. The Kier molecular flexibility index (Phi) is 4.89. The Morgan fingerprint density at radius 2 is 1.65 bits per heavy atom. The molecule has 0 aliphatic carbocycles. The van der Waals surface area contributed by atoms with Crippen molar-refractivity contribution in [2.24, 2.45) is 0 Å². The summed E-state index contributed by atoms with van der Waals surface area (Å²) in [4.78, 5) is 0. The van der Waals surface area contributed by atoms with Gasteiger partial charge in [-0.15, -0.1) is 0 Å². The standard InChI is InChI=1S/C16H16Br2O2/c1-9-6-11(7-10(2)16(9)20-3)15(19)13-8-12(17)4-5-14(13)18/h4-8,15,19H,1-3H3. The van der Waals surface area contributed by atoms with E-state index < -0.39 is 6.10 Å². The Balaban J connectivity index is 2.48. The Morgan fingerprint density at radius 3 is 2.20 bits per heavy atom. The molecule has 2 rings (SSSR count). The summed E-state index contributed by atoms with van der Waals surface area (Å²) in [6.07, 6.45) is -0.676. The Bertz CT molecular complexity index is 615. The molecule has 20 heavy (non-hydrogen) atoms. The fourth-order valence-corrected chi connectivity index (χ4v) is 3.21. The average Bonchev–Trinajstić information content (AvgIpc) is 2.40. The van der Waals surface area contributed by atoms with Crippen molar-refractivity contribution in [2.75, 3.05) is 7.11 Å². The van der Waals surface area contributed by atoms with E-state index in [2.05, 4.69) is 31.9 Å². The first-order valence-electron chi connectivity index (χ1n) is 6.22. The van der Waals surface area contributed by atoms with Crippen LogP contribution in [-0.2, 0) is 0 Å². The lowest BCUT2D eigenvalue weighted by Gasteiger charge is -2.17. The van der Waals surface area contributed by atoms with Gasteiger partial charge in [-0.25, -0.2) is 0 Å². The zero-order valence-electron chi connectivity index (χ0n) is 11.6. The number of benzene rings is 2. The molecule has 0 heterocycles. The maximum atomic E-state index is 10.6. The van der Waals surface area contributed by atoms with Gasteiger partial charge in [-0.3, -0.25) is 0 Å². The van der Waals surface area contributed by atoms with Gasteiger partial charge in [0.25, 0.3) is 0 Å². The van der Waals surface area contributed by atoms with Crippen molar-refractivity contribution < 1.29 is 9.84 Å². The number of aliphatic hydroxyl groups is 1. The number of aryl methyl sites for hydroxylation is 2. The third-order valence-corrected chi connectivity index (χ3v) is 4.47. The van der Waals surface area contributed by atoms with Crippen LogP contribution in [0, 0.1) is 13.8 Å². The van der Waals surface area contributed by atoms with E-state index in [4.69, 9.17) is 4.74 Å². The highest BCUT2D eigenvalue weighted by molar-refractivity contribution is 9.11. The summed E-state index contributed by atoms with van der Waals surface area (Å²) >= 11 is 6.92. The second-order valence-corrected chi connectivity index (χ2v) is 6.53. The minimum atomic E-state index is -0.676. The van der Waals surface area contributed by atoms with Gasteiger partial charge in [-0.05, 0) is 60.9 Å². The second-order valence-electron chi connectivity index (χ2n) is 4.76. The molecule has 0 spiro atoms. The van der Waals surface area contributed by atoms with E-state index in [0.717, 1.165) is 36.9 Å². The van der Waals surface area contributed by atoms with Crippen LogP contribution in [0.5, 0.6) is 5.75 Å². The first-order chi connectivity index (χ1) is 9.43. The zero-order chi connectivity index (χ0) is 14.9. The summed E-state index contributed by atoms with van der Waals surface area (Å²) in [5.74, 6) is 0.870. The third kappa shape index (κ3) is 3.08. The smallest absolute Gasteiger partial charge is 0.124 e. The maximum absolute atomic E-state index is 10.6. The molecule has 106 valence electrons. The molecule has 0 saturated carbocycles. The number of hydrogen-bond acceptors (Lipinski definition) is 2. The van der Waals surface area contributed by atoms with Gasteiger partial charge in [-0.2, -0.15) is 0 Å².